The van der Waals surface area contributed by atoms with E-state index < -0.39 is 0 Å². The summed E-state index contributed by atoms with van der Waals surface area (Å²) in [7, 11) is 1.53. The second kappa shape index (κ2) is 5.22. The van der Waals surface area contributed by atoms with Crippen LogP contribution in [-0.2, 0) is 9.59 Å². The average molecular weight is 309 g/mol. The third-order valence-electron chi connectivity index (χ3n) is 4.17. The zero-order chi connectivity index (χ0) is 15.1. The van der Waals surface area contributed by atoms with Crippen LogP contribution >= 0.6 is 11.6 Å². The Bertz CT molecular complexity index is 617. The Kier molecular flexibility index (Phi) is 3.53. The molecule has 1 atom stereocenters. The van der Waals surface area contributed by atoms with Gasteiger partial charge in [-0.15, -0.1) is 0 Å². The number of aryl methyl sites for hydroxylation is 1. The maximum Gasteiger partial charge on any atom is 0.250 e. The molecule has 0 N–H and O–H groups in total. The lowest BCUT2D eigenvalue weighted by atomic mass is 10.1. The van der Waals surface area contributed by atoms with Crippen molar-refractivity contribution in [3.05, 3.63) is 22.7 Å². The highest BCUT2D eigenvalue weighted by Crippen LogP contribution is 2.36. The molecular formula is C15H17ClN2O3. The fraction of sp³-hybridized carbons (Fsp3) is 0.467. The Morgan fingerprint density at radius 1 is 1.33 bits per heavy atom. The molecule has 5 nitrogen and oxygen atoms in total. The number of carbonyl (C=O) groups excluding carboxylic acids is 2. The molecule has 1 unspecified atom stereocenters. The molecule has 0 aliphatic carbocycles. The van der Waals surface area contributed by atoms with Gasteiger partial charge in [0, 0.05) is 17.6 Å². The topological polar surface area (TPSA) is 49.9 Å². The lowest BCUT2D eigenvalue weighted by Crippen LogP contribution is -2.57. The standard InChI is InChI=1S/C15H17ClN2O3/c1-9-6-12(13(21-2)7-10(9)16)18-8-14(19)17-5-3-4-11(17)15(18)20/h6-7,11H,3-5,8H2,1-2H3. The molecule has 3 rings (SSSR count). The number of amides is 2. The van der Waals surface area contributed by atoms with Crippen molar-refractivity contribution < 1.29 is 14.3 Å². The van der Waals surface area contributed by atoms with Crippen molar-refractivity contribution in [2.45, 2.75) is 25.8 Å². The van der Waals surface area contributed by atoms with Crippen LogP contribution in [0.15, 0.2) is 12.1 Å². The van der Waals surface area contributed by atoms with Gasteiger partial charge in [-0.3, -0.25) is 14.5 Å². The van der Waals surface area contributed by atoms with Gasteiger partial charge in [0.25, 0.3) is 0 Å². The summed E-state index contributed by atoms with van der Waals surface area (Å²) in [6, 6.07) is 3.16. The van der Waals surface area contributed by atoms with Crippen LogP contribution in [0.5, 0.6) is 5.75 Å². The first-order chi connectivity index (χ1) is 10.0. The van der Waals surface area contributed by atoms with E-state index in [1.807, 2.05) is 6.92 Å². The molecule has 2 aliphatic heterocycles. The second-order valence-corrected chi connectivity index (χ2v) is 5.85. The van der Waals surface area contributed by atoms with Crippen molar-refractivity contribution in [2.24, 2.45) is 0 Å². The minimum absolute atomic E-state index is 0.00763. The molecule has 2 aliphatic rings. The summed E-state index contributed by atoms with van der Waals surface area (Å²) < 4.78 is 5.33. The second-order valence-electron chi connectivity index (χ2n) is 5.44. The molecule has 0 spiro atoms. The quantitative estimate of drug-likeness (QED) is 0.839. The summed E-state index contributed by atoms with van der Waals surface area (Å²) >= 11 is 6.10. The zero-order valence-corrected chi connectivity index (χ0v) is 12.8. The van der Waals surface area contributed by atoms with Gasteiger partial charge in [-0.2, -0.15) is 0 Å². The third-order valence-corrected chi connectivity index (χ3v) is 4.58. The van der Waals surface area contributed by atoms with Crippen molar-refractivity contribution in [1.82, 2.24) is 4.90 Å². The smallest absolute Gasteiger partial charge is 0.250 e. The first-order valence-electron chi connectivity index (χ1n) is 6.98. The number of ether oxygens (including phenoxy) is 1. The van der Waals surface area contributed by atoms with Crippen molar-refractivity contribution in [1.29, 1.82) is 0 Å². The zero-order valence-electron chi connectivity index (χ0n) is 12.1. The minimum Gasteiger partial charge on any atom is -0.495 e. The predicted molar refractivity (Wildman–Crippen MR) is 79.8 cm³/mol. The van der Waals surface area contributed by atoms with Crippen LogP contribution in [0.25, 0.3) is 0 Å². The molecule has 2 heterocycles. The largest absolute Gasteiger partial charge is 0.495 e. The van der Waals surface area contributed by atoms with Crippen LogP contribution in [0, 0.1) is 6.92 Å². The lowest BCUT2D eigenvalue weighted by molar-refractivity contribution is -0.140. The normalized spacial score (nSPS) is 21.8. The Balaban J connectivity index is 2.02. The SMILES string of the molecule is COc1cc(Cl)c(C)cc1N1CC(=O)N2CCCC2C1=O. The maximum absolute atomic E-state index is 12.7. The number of nitrogens with zero attached hydrogens (tertiary/aromatic N) is 2. The van der Waals surface area contributed by atoms with E-state index in [4.69, 9.17) is 16.3 Å². The van der Waals surface area contributed by atoms with Gasteiger partial charge in [-0.05, 0) is 31.4 Å². The van der Waals surface area contributed by atoms with E-state index in [1.54, 1.807) is 17.0 Å². The highest BCUT2D eigenvalue weighted by molar-refractivity contribution is 6.31. The maximum atomic E-state index is 12.7. The van der Waals surface area contributed by atoms with Crippen LogP contribution in [0.2, 0.25) is 5.02 Å². The summed E-state index contributed by atoms with van der Waals surface area (Å²) in [5.74, 6) is 0.470. The van der Waals surface area contributed by atoms with E-state index in [0.29, 0.717) is 23.0 Å². The predicted octanol–water partition coefficient (Wildman–Crippen LogP) is 1.99. The van der Waals surface area contributed by atoms with Gasteiger partial charge in [0.05, 0.1) is 12.8 Å². The molecule has 0 aromatic heterocycles. The molecular weight excluding hydrogens is 292 g/mol. The van der Waals surface area contributed by atoms with Crippen LogP contribution in [0.1, 0.15) is 18.4 Å². The number of rotatable bonds is 2. The number of methoxy groups -OCH3 is 1. The van der Waals surface area contributed by atoms with Gasteiger partial charge in [-0.25, -0.2) is 0 Å². The van der Waals surface area contributed by atoms with E-state index in [9.17, 15) is 9.59 Å². The molecule has 21 heavy (non-hydrogen) atoms. The van der Waals surface area contributed by atoms with Crippen LogP contribution in [0.4, 0.5) is 5.69 Å². The summed E-state index contributed by atoms with van der Waals surface area (Å²) in [6.07, 6.45) is 1.61. The third kappa shape index (κ3) is 2.25. The first-order valence-corrected chi connectivity index (χ1v) is 7.35. The molecule has 1 aromatic rings. The summed E-state index contributed by atoms with van der Waals surface area (Å²) in [6.45, 7) is 2.61. The summed E-state index contributed by atoms with van der Waals surface area (Å²) in [5, 5.41) is 0.578. The number of carbonyl (C=O) groups is 2. The fourth-order valence-corrected chi connectivity index (χ4v) is 3.19. The molecule has 6 heteroatoms. The molecule has 0 radical (unpaired) electrons. The van der Waals surface area contributed by atoms with Crippen molar-refractivity contribution >= 4 is 29.1 Å². The number of fused-ring (bicyclic) bond motifs is 1. The molecule has 0 saturated carbocycles. The Labute approximate surface area is 128 Å². The van der Waals surface area contributed by atoms with Gasteiger partial charge in [0.15, 0.2) is 0 Å². The first kappa shape index (κ1) is 14.2. The number of benzene rings is 1. The highest BCUT2D eigenvalue weighted by Gasteiger charge is 2.43. The molecule has 2 amide bonds. The molecule has 0 bridgehead atoms. The molecule has 1 aromatic carbocycles. The van der Waals surface area contributed by atoms with Crippen LogP contribution in [0.3, 0.4) is 0 Å². The van der Waals surface area contributed by atoms with Gasteiger partial charge in [0.2, 0.25) is 11.8 Å². The Morgan fingerprint density at radius 2 is 2.10 bits per heavy atom. The number of hydrogen-bond acceptors (Lipinski definition) is 3. The Morgan fingerprint density at radius 3 is 2.81 bits per heavy atom. The van der Waals surface area contributed by atoms with Crippen molar-refractivity contribution in [3.8, 4) is 5.75 Å². The monoisotopic (exact) mass is 308 g/mol. The van der Waals surface area contributed by atoms with E-state index in [2.05, 4.69) is 0 Å². The summed E-state index contributed by atoms with van der Waals surface area (Å²) in [4.78, 5) is 28.1. The summed E-state index contributed by atoms with van der Waals surface area (Å²) in [5.41, 5.74) is 1.46. The van der Waals surface area contributed by atoms with Crippen LogP contribution < -0.4 is 9.64 Å². The van der Waals surface area contributed by atoms with Gasteiger partial charge < -0.3 is 9.64 Å². The number of halogens is 1. The van der Waals surface area contributed by atoms with E-state index in [-0.39, 0.29) is 24.4 Å². The Hall–Kier alpha value is -1.75. The lowest BCUT2D eigenvalue weighted by Gasteiger charge is -2.37. The van der Waals surface area contributed by atoms with Gasteiger partial charge >= 0.3 is 0 Å². The van der Waals surface area contributed by atoms with E-state index in [1.165, 1.54) is 12.0 Å². The highest BCUT2D eigenvalue weighted by atomic mass is 35.5. The molecule has 2 saturated heterocycles. The molecule has 2 fully saturated rings. The number of piperazine rings is 1. The van der Waals surface area contributed by atoms with Crippen LogP contribution in [-0.4, -0.2) is 43.0 Å². The van der Waals surface area contributed by atoms with E-state index >= 15 is 0 Å². The number of anilines is 1. The van der Waals surface area contributed by atoms with Gasteiger partial charge in [-0.1, -0.05) is 11.6 Å². The minimum atomic E-state index is -0.327. The molecule has 112 valence electrons. The van der Waals surface area contributed by atoms with Crippen molar-refractivity contribution in [2.75, 3.05) is 25.1 Å². The van der Waals surface area contributed by atoms with Gasteiger partial charge in [0.1, 0.15) is 18.3 Å². The van der Waals surface area contributed by atoms with E-state index in [0.717, 1.165) is 18.4 Å². The fourth-order valence-electron chi connectivity index (χ4n) is 3.03. The number of hydrogen-bond donors (Lipinski definition) is 0. The average Bonchev–Trinajstić information content (AvgIpc) is 2.95. The van der Waals surface area contributed by atoms with Crippen molar-refractivity contribution in [3.63, 3.8) is 0 Å².